The van der Waals surface area contributed by atoms with Crippen molar-refractivity contribution in [3.63, 3.8) is 0 Å². The fourth-order valence-electron chi connectivity index (χ4n) is 2.47. The van der Waals surface area contributed by atoms with Crippen LogP contribution in [0.15, 0.2) is 18.2 Å². The van der Waals surface area contributed by atoms with E-state index in [-0.39, 0.29) is 40.5 Å². The Hall–Kier alpha value is -2.48. The van der Waals surface area contributed by atoms with Crippen molar-refractivity contribution in [2.24, 2.45) is 0 Å². The molecule has 1 aromatic carbocycles. The summed E-state index contributed by atoms with van der Waals surface area (Å²) in [6.45, 7) is 0. The molecule has 7 nitrogen and oxygen atoms in total. The Kier molecular flexibility index (Phi) is 3.66. The lowest BCUT2D eigenvalue weighted by molar-refractivity contribution is -0.151. The van der Waals surface area contributed by atoms with E-state index in [2.05, 4.69) is 0 Å². The Morgan fingerprint density at radius 2 is 1.77 bits per heavy atom. The van der Waals surface area contributed by atoms with Crippen molar-refractivity contribution >= 4 is 41.7 Å². The zero-order valence-corrected chi connectivity index (χ0v) is 11.9. The molecule has 0 spiro atoms. The summed E-state index contributed by atoms with van der Waals surface area (Å²) in [6.07, 6.45) is -0.851. The van der Waals surface area contributed by atoms with Crippen LogP contribution in [0.5, 0.6) is 0 Å². The topological polar surface area (TPSA) is 110 Å². The molecule has 1 aromatic rings. The van der Waals surface area contributed by atoms with Crippen molar-refractivity contribution in [3.8, 4) is 0 Å². The van der Waals surface area contributed by atoms with Gasteiger partial charge in [-0.05, 0) is 18.2 Å². The zero-order chi connectivity index (χ0) is 15.4. The van der Waals surface area contributed by atoms with Crippen molar-refractivity contribution in [2.75, 3.05) is 5.73 Å². The minimum atomic E-state index is -2.87. The molecule has 0 saturated carbocycles. The highest BCUT2D eigenvalue weighted by Crippen LogP contribution is 2.35. The number of carbonyl (C=O) groups is 4. The third-order valence-electron chi connectivity index (χ3n) is 3.55. The number of nitrogens with one attached hydrogen (secondary N) is 1. The minimum absolute atomic E-state index is 0. The molecular weight excluding hydrogens is 317 g/mol. The zero-order valence-electron chi connectivity index (χ0n) is 11.1. The lowest BCUT2D eigenvalue weighted by Crippen LogP contribution is -2.61. The van der Waals surface area contributed by atoms with E-state index in [4.69, 9.17) is 5.73 Å². The molecule has 2 aliphatic heterocycles. The maximum atomic E-state index is 14.9. The number of nitrogen functional groups attached to an aromatic ring is 1. The number of nitrogens with zero attached hydrogens (tertiary/aromatic N) is 1. The molecule has 0 aliphatic carbocycles. The second kappa shape index (κ2) is 5.06. The van der Waals surface area contributed by atoms with E-state index in [1.807, 2.05) is 0 Å². The fourth-order valence-corrected chi connectivity index (χ4v) is 2.47. The Labute approximate surface area is 130 Å². The van der Waals surface area contributed by atoms with Gasteiger partial charge in [0.1, 0.15) is 0 Å². The van der Waals surface area contributed by atoms with Crippen LogP contribution < -0.4 is 11.1 Å². The number of hydrogen-bond donors (Lipinski definition) is 2. The summed E-state index contributed by atoms with van der Waals surface area (Å²) in [4.78, 5) is 47.6. The molecule has 116 valence electrons. The van der Waals surface area contributed by atoms with Gasteiger partial charge in [0, 0.05) is 18.5 Å². The molecule has 2 heterocycles. The molecule has 2 aliphatic rings. The van der Waals surface area contributed by atoms with Gasteiger partial charge in [-0.3, -0.25) is 24.5 Å². The smallest absolute Gasteiger partial charge is 0.285 e. The lowest BCUT2D eigenvalue weighted by atomic mass is 10.0. The molecule has 1 saturated heterocycles. The molecule has 0 radical (unpaired) electrons. The Bertz CT molecular complexity index is 723. The SMILES string of the molecule is Cl.Nc1ccc2c(c1)C(=O)N(C1(F)CCC(=O)NC1=O)C2=O. The molecule has 9 heteroatoms. The number of anilines is 1. The normalized spacial score (nSPS) is 24.0. The molecule has 1 atom stereocenters. The van der Waals surface area contributed by atoms with E-state index in [9.17, 15) is 23.6 Å². The summed E-state index contributed by atoms with van der Waals surface area (Å²) < 4.78 is 14.9. The first-order valence-corrected chi connectivity index (χ1v) is 6.16. The Morgan fingerprint density at radius 1 is 1.14 bits per heavy atom. The van der Waals surface area contributed by atoms with Crippen LogP contribution in [0.1, 0.15) is 33.6 Å². The fraction of sp³-hybridized carbons (Fsp3) is 0.231. The third kappa shape index (κ3) is 2.03. The highest BCUT2D eigenvalue weighted by molar-refractivity contribution is 6.24. The summed E-state index contributed by atoms with van der Waals surface area (Å²) in [5.74, 6) is -6.66. The average Bonchev–Trinajstić information content (AvgIpc) is 2.67. The number of carbonyl (C=O) groups excluding carboxylic acids is 4. The second-order valence-electron chi connectivity index (χ2n) is 4.89. The van der Waals surface area contributed by atoms with E-state index in [1.165, 1.54) is 18.2 Å². The number of alkyl halides is 1. The number of imide groups is 2. The van der Waals surface area contributed by atoms with Gasteiger partial charge in [0.2, 0.25) is 5.91 Å². The standard InChI is InChI=1S/C13H10FN3O4.ClH/c14-13(4-3-9(18)16-12(13)21)17-10(19)7-2-1-6(15)5-8(7)11(17)20;/h1-2,5H,3-4,15H2,(H,16,18,21);1H. The van der Waals surface area contributed by atoms with E-state index in [0.29, 0.717) is 0 Å². The number of nitrogens with two attached hydrogens (primary N) is 1. The minimum Gasteiger partial charge on any atom is -0.399 e. The number of piperidine rings is 1. The molecule has 22 heavy (non-hydrogen) atoms. The van der Waals surface area contributed by atoms with Gasteiger partial charge in [-0.1, -0.05) is 0 Å². The summed E-state index contributed by atoms with van der Waals surface area (Å²) >= 11 is 0. The van der Waals surface area contributed by atoms with Crippen molar-refractivity contribution in [1.82, 2.24) is 10.2 Å². The summed E-state index contributed by atoms with van der Waals surface area (Å²) in [5, 5.41) is 1.80. The summed E-state index contributed by atoms with van der Waals surface area (Å²) in [6, 6.07) is 3.97. The Morgan fingerprint density at radius 3 is 2.41 bits per heavy atom. The molecule has 4 amide bonds. The van der Waals surface area contributed by atoms with Crippen molar-refractivity contribution in [2.45, 2.75) is 18.6 Å². The van der Waals surface area contributed by atoms with E-state index < -0.39 is 35.8 Å². The van der Waals surface area contributed by atoms with Gasteiger partial charge in [0.25, 0.3) is 23.5 Å². The van der Waals surface area contributed by atoms with Crippen LogP contribution in [0.25, 0.3) is 0 Å². The first kappa shape index (κ1) is 15.9. The quantitative estimate of drug-likeness (QED) is 0.440. The molecule has 1 fully saturated rings. The van der Waals surface area contributed by atoms with Crippen LogP contribution in [-0.4, -0.2) is 34.3 Å². The largest absolute Gasteiger partial charge is 0.399 e. The van der Waals surface area contributed by atoms with Gasteiger partial charge in [-0.15, -0.1) is 12.4 Å². The van der Waals surface area contributed by atoms with E-state index in [1.54, 1.807) is 5.32 Å². The van der Waals surface area contributed by atoms with Crippen LogP contribution in [0.3, 0.4) is 0 Å². The monoisotopic (exact) mass is 327 g/mol. The number of amides is 4. The van der Waals surface area contributed by atoms with Crippen molar-refractivity contribution in [1.29, 1.82) is 0 Å². The van der Waals surface area contributed by atoms with Gasteiger partial charge in [-0.25, -0.2) is 9.29 Å². The second-order valence-corrected chi connectivity index (χ2v) is 4.89. The van der Waals surface area contributed by atoms with Crippen molar-refractivity contribution < 1.29 is 23.6 Å². The van der Waals surface area contributed by atoms with Crippen LogP contribution in [0.4, 0.5) is 10.1 Å². The predicted octanol–water partition coefficient (Wildman–Crippen LogP) is 0.389. The average molecular weight is 328 g/mol. The predicted molar refractivity (Wildman–Crippen MR) is 74.8 cm³/mol. The van der Waals surface area contributed by atoms with E-state index >= 15 is 0 Å². The highest BCUT2D eigenvalue weighted by atomic mass is 35.5. The van der Waals surface area contributed by atoms with Crippen LogP contribution in [0, 0.1) is 0 Å². The molecule has 3 rings (SSSR count). The maximum Gasteiger partial charge on any atom is 0.285 e. The van der Waals surface area contributed by atoms with Gasteiger partial charge >= 0.3 is 0 Å². The first-order valence-electron chi connectivity index (χ1n) is 6.16. The number of rotatable bonds is 1. The first-order chi connectivity index (χ1) is 9.84. The van der Waals surface area contributed by atoms with Gasteiger partial charge in [0.05, 0.1) is 11.1 Å². The third-order valence-corrected chi connectivity index (χ3v) is 3.55. The lowest BCUT2D eigenvalue weighted by Gasteiger charge is -2.33. The Balaban J connectivity index is 0.00000176. The van der Waals surface area contributed by atoms with Crippen LogP contribution in [0.2, 0.25) is 0 Å². The molecule has 1 unspecified atom stereocenters. The van der Waals surface area contributed by atoms with Gasteiger partial charge < -0.3 is 5.73 Å². The summed E-state index contributed by atoms with van der Waals surface area (Å²) in [7, 11) is 0. The number of hydrogen-bond acceptors (Lipinski definition) is 5. The number of benzene rings is 1. The van der Waals surface area contributed by atoms with E-state index in [0.717, 1.165) is 0 Å². The molecular formula is C13H11ClFN3O4. The highest BCUT2D eigenvalue weighted by Gasteiger charge is 2.56. The maximum absolute atomic E-state index is 14.9. The summed E-state index contributed by atoms with van der Waals surface area (Å²) in [5.41, 5.74) is 5.71. The van der Waals surface area contributed by atoms with Gasteiger partial charge in [0.15, 0.2) is 0 Å². The number of halogens is 2. The van der Waals surface area contributed by atoms with Crippen molar-refractivity contribution in [3.05, 3.63) is 29.3 Å². The van der Waals surface area contributed by atoms with Crippen LogP contribution >= 0.6 is 12.4 Å². The van der Waals surface area contributed by atoms with Gasteiger partial charge in [-0.2, -0.15) is 0 Å². The number of fused-ring (bicyclic) bond motifs is 1. The van der Waals surface area contributed by atoms with Crippen LogP contribution in [-0.2, 0) is 9.59 Å². The molecule has 0 aromatic heterocycles. The molecule has 3 N–H and O–H groups in total. The molecule has 0 bridgehead atoms.